The van der Waals surface area contributed by atoms with Crippen LogP contribution >= 0.6 is 23.1 Å². The van der Waals surface area contributed by atoms with E-state index in [1.54, 1.807) is 13.3 Å². The molecule has 0 aromatic carbocycles. The molecule has 4 atom stereocenters. The molecule has 4 heterocycles. The Kier molecular flexibility index (Phi) is 3.71. The van der Waals surface area contributed by atoms with Gasteiger partial charge in [0.05, 0.1) is 22.9 Å². The number of hydrogen-bond acceptors (Lipinski definition) is 6. The molecular weight excluding hydrogens is 362 g/mol. The van der Waals surface area contributed by atoms with Crippen LogP contribution in [0.5, 0.6) is 0 Å². The Morgan fingerprint density at radius 3 is 2.80 bits per heavy atom. The molecule has 2 aromatic rings. The lowest BCUT2D eigenvalue weighted by atomic mass is 9.77. The smallest absolute Gasteiger partial charge is 0.352 e. The lowest BCUT2D eigenvalue weighted by molar-refractivity contribution is -0.163. The van der Waals surface area contributed by atoms with Crippen LogP contribution in [0.3, 0.4) is 0 Å². The van der Waals surface area contributed by atoms with Crippen LogP contribution in [0, 0.1) is 11.8 Å². The first-order valence-corrected chi connectivity index (χ1v) is 9.90. The number of rotatable bonds is 4. The summed E-state index contributed by atoms with van der Waals surface area (Å²) in [6.45, 7) is 3.50. The Bertz CT molecular complexity index is 929. The number of nitrogens with zero attached hydrogens (tertiary/aromatic N) is 3. The lowest BCUT2D eigenvalue weighted by Crippen LogP contribution is -2.63. The largest absolute Gasteiger partial charge is 0.477 e. The standard InChI is InChI=1S/C16H17N3O4S2/c1-6-9(8-4-18-5-17-13(24-3)15(18)25-8)12(16(22)23)19-11(6)10(7(2)20)14(19)21/h4-7,10-11,20H,1-3H3,(H,22,23)/t6?,7-,10?,11-/m1/s1. The first-order chi connectivity index (χ1) is 11.9. The van der Waals surface area contributed by atoms with E-state index >= 15 is 0 Å². The predicted octanol–water partition coefficient (Wildman–Crippen LogP) is 1.77. The number of imidazole rings is 1. The van der Waals surface area contributed by atoms with Crippen LogP contribution in [-0.4, -0.2) is 54.8 Å². The van der Waals surface area contributed by atoms with E-state index < -0.39 is 18.0 Å². The van der Waals surface area contributed by atoms with Crippen molar-refractivity contribution < 1.29 is 19.8 Å². The number of amides is 1. The SMILES string of the molecule is CSc1ncn2cc(C3=C(C(=O)O)N4C(=O)C([C@@H](C)O)[C@H]4C3C)sc12. The van der Waals surface area contributed by atoms with E-state index in [2.05, 4.69) is 4.98 Å². The lowest BCUT2D eigenvalue weighted by Gasteiger charge is -2.46. The van der Waals surface area contributed by atoms with Gasteiger partial charge in [0, 0.05) is 17.7 Å². The zero-order valence-electron chi connectivity index (χ0n) is 13.8. The number of β-lactam (4-membered cyclic amide) rings is 1. The summed E-state index contributed by atoms with van der Waals surface area (Å²) in [6, 6.07) is -0.298. The van der Waals surface area contributed by atoms with Gasteiger partial charge in [-0.1, -0.05) is 6.92 Å². The summed E-state index contributed by atoms with van der Waals surface area (Å²) in [4.78, 5) is 31.7. The number of fused-ring (bicyclic) bond motifs is 2. The van der Waals surface area contributed by atoms with Crippen molar-refractivity contribution in [3.05, 3.63) is 23.1 Å². The fraction of sp³-hybridized carbons (Fsp3) is 0.438. The molecule has 1 saturated heterocycles. The van der Waals surface area contributed by atoms with Crippen LogP contribution in [0.4, 0.5) is 0 Å². The van der Waals surface area contributed by atoms with Crippen LogP contribution < -0.4 is 0 Å². The topological polar surface area (TPSA) is 95.1 Å². The maximum atomic E-state index is 12.4. The molecule has 2 aliphatic rings. The summed E-state index contributed by atoms with van der Waals surface area (Å²) >= 11 is 3.01. The van der Waals surface area contributed by atoms with Gasteiger partial charge in [0.1, 0.15) is 21.9 Å². The second-order valence-electron chi connectivity index (χ2n) is 6.38. The molecule has 0 spiro atoms. The Morgan fingerprint density at radius 2 is 2.20 bits per heavy atom. The average Bonchev–Trinajstić information content (AvgIpc) is 3.16. The van der Waals surface area contributed by atoms with Crippen LogP contribution in [0.25, 0.3) is 10.4 Å². The Balaban J connectivity index is 1.85. The van der Waals surface area contributed by atoms with Gasteiger partial charge in [-0.25, -0.2) is 9.78 Å². The van der Waals surface area contributed by atoms with Crippen molar-refractivity contribution in [1.29, 1.82) is 0 Å². The van der Waals surface area contributed by atoms with E-state index in [9.17, 15) is 19.8 Å². The van der Waals surface area contributed by atoms with Gasteiger partial charge in [-0.2, -0.15) is 0 Å². The van der Waals surface area contributed by atoms with E-state index in [0.717, 1.165) is 14.7 Å². The summed E-state index contributed by atoms with van der Waals surface area (Å²) in [5.74, 6) is -2.12. The molecule has 25 heavy (non-hydrogen) atoms. The third-order valence-electron chi connectivity index (χ3n) is 5.01. The number of thiazole rings is 1. The van der Waals surface area contributed by atoms with Crippen molar-refractivity contribution >= 4 is 45.4 Å². The third-order valence-corrected chi connectivity index (χ3v) is 6.97. The highest BCUT2D eigenvalue weighted by Gasteiger charge is 2.60. The number of aliphatic carboxylic acids is 1. The minimum absolute atomic E-state index is 0.0440. The van der Waals surface area contributed by atoms with Crippen molar-refractivity contribution in [3.8, 4) is 0 Å². The first kappa shape index (κ1) is 16.6. The van der Waals surface area contributed by atoms with E-state index in [1.165, 1.54) is 28.0 Å². The van der Waals surface area contributed by atoms with Crippen molar-refractivity contribution in [2.75, 3.05) is 6.26 Å². The summed E-state index contributed by atoms with van der Waals surface area (Å²) < 4.78 is 1.88. The third kappa shape index (κ3) is 2.12. The number of carboxylic acid groups (broad SMARTS) is 1. The van der Waals surface area contributed by atoms with Gasteiger partial charge in [0.2, 0.25) is 5.91 Å². The molecule has 4 rings (SSSR count). The Hall–Kier alpha value is -1.84. The Labute approximate surface area is 152 Å². The van der Waals surface area contributed by atoms with Crippen molar-refractivity contribution in [1.82, 2.24) is 14.3 Å². The molecule has 0 radical (unpaired) electrons. The van der Waals surface area contributed by atoms with Gasteiger partial charge in [-0.15, -0.1) is 23.1 Å². The normalized spacial score (nSPS) is 27.0. The summed E-state index contributed by atoms with van der Waals surface area (Å²) in [5, 5.41) is 20.5. The Morgan fingerprint density at radius 1 is 1.48 bits per heavy atom. The summed E-state index contributed by atoms with van der Waals surface area (Å²) in [5.41, 5.74) is 0.706. The fourth-order valence-corrected chi connectivity index (χ4v) is 5.86. The molecule has 1 fully saturated rings. The molecule has 2 unspecified atom stereocenters. The molecule has 7 nitrogen and oxygen atoms in total. The monoisotopic (exact) mass is 379 g/mol. The molecule has 2 aliphatic heterocycles. The molecule has 2 aromatic heterocycles. The van der Waals surface area contributed by atoms with Crippen molar-refractivity contribution in [3.63, 3.8) is 0 Å². The maximum absolute atomic E-state index is 12.4. The predicted molar refractivity (Wildman–Crippen MR) is 94.4 cm³/mol. The molecule has 0 bridgehead atoms. The quantitative estimate of drug-likeness (QED) is 0.621. The highest BCUT2D eigenvalue weighted by atomic mass is 32.2. The molecule has 9 heteroatoms. The van der Waals surface area contributed by atoms with Gasteiger partial charge >= 0.3 is 5.97 Å². The van der Waals surface area contributed by atoms with E-state index in [4.69, 9.17) is 0 Å². The number of thioether (sulfide) groups is 1. The van der Waals surface area contributed by atoms with E-state index in [-0.39, 0.29) is 23.6 Å². The highest BCUT2D eigenvalue weighted by molar-refractivity contribution is 7.98. The molecule has 0 aliphatic carbocycles. The molecule has 0 saturated carbocycles. The zero-order valence-corrected chi connectivity index (χ0v) is 15.5. The minimum atomic E-state index is -1.11. The number of aliphatic hydroxyl groups is 1. The average molecular weight is 379 g/mol. The van der Waals surface area contributed by atoms with Crippen LogP contribution in [-0.2, 0) is 9.59 Å². The first-order valence-electron chi connectivity index (χ1n) is 7.86. The highest BCUT2D eigenvalue weighted by Crippen LogP contribution is 2.51. The van der Waals surface area contributed by atoms with Gasteiger partial charge in [-0.3, -0.25) is 9.20 Å². The van der Waals surface area contributed by atoms with Crippen molar-refractivity contribution in [2.24, 2.45) is 11.8 Å². The van der Waals surface area contributed by atoms with Crippen molar-refractivity contribution in [2.45, 2.75) is 31.0 Å². The second kappa shape index (κ2) is 5.58. The van der Waals surface area contributed by atoms with Crippen LogP contribution in [0.15, 0.2) is 23.2 Å². The molecule has 132 valence electrons. The minimum Gasteiger partial charge on any atom is -0.477 e. The van der Waals surface area contributed by atoms with E-state index in [1.807, 2.05) is 23.8 Å². The zero-order chi connectivity index (χ0) is 18.0. The van der Waals surface area contributed by atoms with Gasteiger partial charge in [0.15, 0.2) is 0 Å². The number of aromatic nitrogens is 2. The number of aliphatic hydroxyl groups excluding tert-OH is 1. The van der Waals surface area contributed by atoms with E-state index in [0.29, 0.717) is 5.57 Å². The number of carbonyl (C=O) groups is 2. The van der Waals surface area contributed by atoms with Gasteiger partial charge in [0.25, 0.3) is 0 Å². The van der Waals surface area contributed by atoms with Gasteiger partial charge in [-0.05, 0) is 13.2 Å². The molecule has 2 N–H and O–H groups in total. The molecular formula is C16H17N3O4S2. The molecule has 1 amide bonds. The van der Waals surface area contributed by atoms with Crippen LogP contribution in [0.2, 0.25) is 0 Å². The summed E-state index contributed by atoms with van der Waals surface area (Å²) in [7, 11) is 0. The van der Waals surface area contributed by atoms with Gasteiger partial charge < -0.3 is 15.1 Å². The maximum Gasteiger partial charge on any atom is 0.352 e. The second-order valence-corrected chi connectivity index (χ2v) is 8.21. The summed E-state index contributed by atoms with van der Waals surface area (Å²) in [6.07, 6.45) is 4.73. The number of carboxylic acids is 1. The fourth-order valence-electron chi connectivity index (χ4n) is 3.94. The number of hydrogen-bond donors (Lipinski definition) is 2. The van der Waals surface area contributed by atoms with Crippen LogP contribution in [0.1, 0.15) is 18.7 Å². The number of carbonyl (C=O) groups excluding carboxylic acids is 1.